The average Bonchev–Trinajstić information content (AvgIpc) is 3.46. The topological polar surface area (TPSA) is 112 Å². The van der Waals surface area contributed by atoms with Gasteiger partial charge in [-0.25, -0.2) is 4.98 Å². The number of aromatic amines is 1. The number of carbonyl (C=O) groups is 1. The van der Waals surface area contributed by atoms with Crippen LogP contribution in [0.15, 0.2) is 46.9 Å². The second-order valence-corrected chi connectivity index (χ2v) is 8.10. The van der Waals surface area contributed by atoms with Gasteiger partial charge < -0.3 is 24.3 Å². The smallest absolute Gasteiger partial charge is 0.289 e. The fraction of sp³-hybridized carbons (Fsp3) is 0.304. The van der Waals surface area contributed by atoms with Crippen molar-refractivity contribution in [3.63, 3.8) is 0 Å². The molecule has 176 valence electrons. The predicted molar refractivity (Wildman–Crippen MR) is 130 cm³/mol. The number of likely N-dealkylation sites (tertiary alicyclic amines) is 1. The van der Waals surface area contributed by atoms with Crippen LogP contribution in [0.5, 0.6) is 0 Å². The molecule has 1 amide bonds. The van der Waals surface area contributed by atoms with Gasteiger partial charge in [-0.2, -0.15) is 10.1 Å². The standard InChI is InChI=1S/C23H23N7O3.ClH/c31-22(30-7-4-8-30)18-13-17-20(33-18)21(29-9-11-32-12-10-29)26-23(24-17)25-19-14-16(27-28-19)15-5-2-1-3-6-15;/h1-3,5-6,13-14H,4,7-12H2,(H2,24,25,26,27,28);1H. The summed E-state index contributed by atoms with van der Waals surface area (Å²) in [6.07, 6.45) is 1.02. The van der Waals surface area contributed by atoms with E-state index < -0.39 is 0 Å². The van der Waals surface area contributed by atoms with Crippen molar-refractivity contribution in [2.24, 2.45) is 0 Å². The lowest BCUT2D eigenvalue weighted by molar-refractivity contribution is 0.0621. The van der Waals surface area contributed by atoms with E-state index in [9.17, 15) is 4.79 Å². The summed E-state index contributed by atoms with van der Waals surface area (Å²) < 4.78 is 11.5. The van der Waals surface area contributed by atoms with Gasteiger partial charge in [0.2, 0.25) is 5.95 Å². The molecule has 4 aromatic rings. The molecular weight excluding hydrogens is 458 g/mol. The van der Waals surface area contributed by atoms with Crippen molar-refractivity contribution in [2.75, 3.05) is 49.6 Å². The van der Waals surface area contributed by atoms with Crippen molar-refractivity contribution in [3.8, 4) is 11.3 Å². The third-order valence-corrected chi connectivity index (χ3v) is 5.92. The maximum absolute atomic E-state index is 12.7. The Balaban J connectivity index is 0.00000241. The maximum Gasteiger partial charge on any atom is 0.289 e. The predicted octanol–water partition coefficient (Wildman–Crippen LogP) is 3.46. The number of halogens is 1. The summed E-state index contributed by atoms with van der Waals surface area (Å²) in [6, 6.07) is 13.6. The molecule has 0 atom stereocenters. The molecule has 2 N–H and O–H groups in total. The molecule has 10 nitrogen and oxygen atoms in total. The Morgan fingerprint density at radius 1 is 1.03 bits per heavy atom. The van der Waals surface area contributed by atoms with Gasteiger partial charge in [-0.1, -0.05) is 30.3 Å². The van der Waals surface area contributed by atoms with Gasteiger partial charge >= 0.3 is 0 Å². The number of rotatable bonds is 5. The zero-order chi connectivity index (χ0) is 22.2. The number of carbonyl (C=O) groups excluding carboxylic acids is 1. The third kappa shape index (κ3) is 4.17. The molecule has 0 spiro atoms. The van der Waals surface area contributed by atoms with Crippen LogP contribution in [0.2, 0.25) is 0 Å². The minimum absolute atomic E-state index is 0. The summed E-state index contributed by atoms with van der Waals surface area (Å²) in [4.78, 5) is 25.9. The summed E-state index contributed by atoms with van der Waals surface area (Å²) >= 11 is 0. The van der Waals surface area contributed by atoms with Gasteiger partial charge in [0.15, 0.2) is 23.0 Å². The number of aromatic nitrogens is 4. The van der Waals surface area contributed by atoms with Crippen LogP contribution in [-0.4, -0.2) is 70.4 Å². The van der Waals surface area contributed by atoms with Crippen LogP contribution >= 0.6 is 12.4 Å². The summed E-state index contributed by atoms with van der Waals surface area (Å²) in [5.74, 6) is 1.81. The highest BCUT2D eigenvalue weighted by molar-refractivity contribution is 5.98. The quantitative estimate of drug-likeness (QED) is 0.445. The molecule has 2 fully saturated rings. The minimum atomic E-state index is -0.110. The lowest BCUT2D eigenvalue weighted by atomic mass is 10.2. The molecule has 0 unspecified atom stereocenters. The Bertz CT molecular complexity index is 1300. The molecule has 11 heteroatoms. The molecule has 0 bridgehead atoms. The largest absolute Gasteiger partial charge is 0.445 e. The van der Waals surface area contributed by atoms with E-state index in [0.29, 0.717) is 55.0 Å². The molecular formula is C23H24ClN7O3. The van der Waals surface area contributed by atoms with Crippen molar-refractivity contribution in [1.29, 1.82) is 0 Å². The Hall–Kier alpha value is -3.63. The first-order chi connectivity index (χ1) is 16.2. The van der Waals surface area contributed by atoms with Crippen LogP contribution in [0.25, 0.3) is 22.4 Å². The highest BCUT2D eigenvalue weighted by atomic mass is 35.5. The molecule has 5 heterocycles. The first-order valence-corrected chi connectivity index (χ1v) is 11.1. The number of ether oxygens (including phenoxy) is 1. The van der Waals surface area contributed by atoms with Crippen LogP contribution < -0.4 is 10.2 Å². The Labute approximate surface area is 201 Å². The van der Waals surface area contributed by atoms with Crippen LogP contribution in [0.4, 0.5) is 17.6 Å². The summed E-state index contributed by atoms with van der Waals surface area (Å²) in [5, 5.41) is 10.6. The van der Waals surface area contributed by atoms with E-state index in [2.05, 4.69) is 25.4 Å². The Morgan fingerprint density at radius 3 is 2.56 bits per heavy atom. The van der Waals surface area contributed by atoms with E-state index in [1.807, 2.05) is 36.4 Å². The molecule has 0 radical (unpaired) electrons. The number of benzene rings is 1. The number of hydrogen-bond donors (Lipinski definition) is 2. The second kappa shape index (κ2) is 9.32. The molecule has 34 heavy (non-hydrogen) atoms. The maximum atomic E-state index is 12.7. The number of fused-ring (bicyclic) bond motifs is 1. The Morgan fingerprint density at radius 2 is 1.82 bits per heavy atom. The minimum Gasteiger partial charge on any atom is -0.445 e. The summed E-state index contributed by atoms with van der Waals surface area (Å²) in [6.45, 7) is 4.09. The van der Waals surface area contributed by atoms with Crippen molar-refractivity contribution >= 4 is 47.0 Å². The molecule has 6 rings (SSSR count). The molecule has 3 aromatic heterocycles. The lowest BCUT2D eigenvalue weighted by Gasteiger charge is -2.29. The van der Waals surface area contributed by atoms with Gasteiger partial charge in [0.05, 0.1) is 18.9 Å². The fourth-order valence-electron chi connectivity index (χ4n) is 4.01. The van der Waals surface area contributed by atoms with E-state index in [1.165, 1.54) is 0 Å². The first kappa shape index (κ1) is 22.2. The van der Waals surface area contributed by atoms with E-state index in [-0.39, 0.29) is 24.1 Å². The van der Waals surface area contributed by atoms with Gasteiger partial charge in [0.1, 0.15) is 5.52 Å². The number of amides is 1. The number of nitrogens with one attached hydrogen (secondary N) is 2. The highest BCUT2D eigenvalue weighted by Gasteiger charge is 2.27. The van der Waals surface area contributed by atoms with Crippen LogP contribution in [0.3, 0.4) is 0 Å². The van der Waals surface area contributed by atoms with Crippen molar-refractivity contribution in [3.05, 3.63) is 48.2 Å². The van der Waals surface area contributed by atoms with Gasteiger partial charge in [-0.3, -0.25) is 9.89 Å². The van der Waals surface area contributed by atoms with Gasteiger partial charge in [0.25, 0.3) is 5.91 Å². The van der Waals surface area contributed by atoms with Crippen molar-refractivity contribution in [1.82, 2.24) is 25.1 Å². The van der Waals surface area contributed by atoms with E-state index >= 15 is 0 Å². The lowest BCUT2D eigenvalue weighted by Crippen LogP contribution is -2.41. The van der Waals surface area contributed by atoms with Crippen molar-refractivity contribution in [2.45, 2.75) is 6.42 Å². The summed E-state index contributed by atoms with van der Waals surface area (Å²) in [7, 11) is 0. The Kier molecular flexibility index (Phi) is 6.08. The highest BCUT2D eigenvalue weighted by Crippen LogP contribution is 2.31. The number of H-pyrrole nitrogens is 1. The molecule has 0 saturated carbocycles. The SMILES string of the molecule is Cl.O=C(c1cc2nc(Nc3cc(-c4ccccc4)[nH]n3)nc(N3CCOCC3)c2o1)N1CCC1. The molecule has 2 aliphatic rings. The van der Waals surface area contributed by atoms with E-state index in [1.54, 1.807) is 11.0 Å². The number of nitrogens with zero attached hydrogens (tertiary/aromatic N) is 5. The van der Waals surface area contributed by atoms with E-state index in [4.69, 9.17) is 14.1 Å². The third-order valence-electron chi connectivity index (χ3n) is 5.92. The van der Waals surface area contributed by atoms with Gasteiger partial charge in [0, 0.05) is 38.3 Å². The average molecular weight is 482 g/mol. The summed E-state index contributed by atoms with van der Waals surface area (Å²) in [5.41, 5.74) is 3.01. The zero-order valence-electron chi connectivity index (χ0n) is 18.4. The molecule has 0 aliphatic carbocycles. The van der Waals surface area contributed by atoms with Crippen LogP contribution in [0.1, 0.15) is 17.0 Å². The normalized spacial score (nSPS) is 15.6. The van der Waals surface area contributed by atoms with Crippen LogP contribution in [0, 0.1) is 0 Å². The zero-order valence-corrected chi connectivity index (χ0v) is 19.2. The first-order valence-electron chi connectivity index (χ1n) is 11.1. The molecule has 1 aromatic carbocycles. The molecule has 2 saturated heterocycles. The number of hydrogen-bond acceptors (Lipinski definition) is 8. The number of furan rings is 1. The van der Waals surface area contributed by atoms with Crippen LogP contribution in [-0.2, 0) is 4.74 Å². The van der Waals surface area contributed by atoms with Crippen molar-refractivity contribution < 1.29 is 13.9 Å². The molecule has 2 aliphatic heterocycles. The van der Waals surface area contributed by atoms with E-state index in [0.717, 1.165) is 30.8 Å². The van der Waals surface area contributed by atoms with Gasteiger partial charge in [-0.15, -0.1) is 12.4 Å². The second-order valence-electron chi connectivity index (χ2n) is 8.10. The number of anilines is 3. The fourth-order valence-corrected chi connectivity index (χ4v) is 4.01. The monoisotopic (exact) mass is 481 g/mol. The van der Waals surface area contributed by atoms with Gasteiger partial charge in [-0.05, 0) is 12.0 Å². The number of morpholine rings is 1.